The zero-order valence-corrected chi connectivity index (χ0v) is 11.7. The highest BCUT2D eigenvalue weighted by atomic mass is 16.3. The standard InChI is InChI=1S/C15H15N3O4/c16-6-9-1-3-10(4-2-9)18-14(21)5-11(15(18)22)17-7-12(19)13(20)8-17/h1-4,11-13,19-20H,5,7-8H2/t11?,12-,13+. The molecule has 0 aliphatic carbocycles. The van der Waals surface area contributed by atoms with Gasteiger partial charge in [-0.25, -0.2) is 4.90 Å². The maximum atomic E-state index is 12.5. The summed E-state index contributed by atoms with van der Waals surface area (Å²) in [6.45, 7) is 0.345. The predicted octanol–water partition coefficient (Wildman–Crippen LogP) is -0.772. The second-order valence-electron chi connectivity index (χ2n) is 5.53. The van der Waals surface area contributed by atoms with Crippen LogP contribution in [0.4, 0.5) is 5.69 Å². The molecule has 1 aromatic carbocycles. The number of likely N-dealkylation sites (tertiary alicyclic amines) is 1. The summed E-state index contributed by atoms with van der Waals surface area (Å²) < 4.78 is 0. The van der Waals surface area contributed by atoms with Crippen molar-refractivity contribution in [2.24, 2.45) is 0 Å². The number of anilines is 1. The Morgan fingerprint density at radius 3 is 2.23 bits per heavy atom. The largest absolute Gasteiger partial charge is 0.389 e. The Hall–Kier alpha value is -2.27. The first kappa shape index (κ1) is 14.7. The van der Waals surface area contributed by atoms with E-state index in [0.29, 0.717) is 11.3 Å². The van der Waals surface area contributed by atoms with E-state index in [1.807, 2.05) is 6.07 Å². The first-order chi connectivity index (χ1) is 10.5. The fraction of sp³-hybridized carbons (Fsp3) is 0.400. The van der Waals surface area contributed by atoms with Crippen LogP contribution in [-0.2, 0) is 9.59 Å². The molecule has 2 heterocycles. The van der Waals surface area contributed by atoms with Crippen LogP contribution in [0.1, 0.15) is 12.0 Å². The summed E-state index contributed by atoms with van der Waals surface area (Å²) in [5.74, 6) is -0.688. The number of β-amino-alcohol motifs (C(OH)–C–C–N with tert-alkyl or cyclic N) is 2. The third-order valence-corrected chi connectivity index (χ3v) is 4.11. The van der Waals surface area contributed by atoms with Crippen molar-refractivity contribution in [1.29, 1.82) is 5.26 Å². The monoisotopic (exact) mass is 301 g/mol. The summed E-state index contributed by atoms with van der Waals surface area (Å²) in [5.41, 5.74) is 0.877. The van der Waals surface area contributed by atoms with Crippen molar-refractivity contribution in [3.8, 4) is 6.07 Å². The highest BCUT2D eigenvalue weighted by molar-refractivity contribution is 6.22. The van der Waals surface area contributed by atoms with E-state index in [9.17, 15) is 19.8 Å². The van der Waals surface area contributed by atoms with E-state index in [1.165, 1.54) is 0 Å². The van der Waals surface area contributed by atoms with Crippen molar-refractivity contribution < 1.29 is 19.8 Å². The molecule has 1 unspecified atom stereocenters. The van der Waals surface area contributed by atoms with Gasteiger partial charge in [0.1, 0.15) is 0 Å². The summed E-state index contributed by atoms with van der Waals surface area (Å²) in [5, 5.41) is 28.0. The minimum absolute atomic E-state index is 0.0261. The molecular formula is C15H15N3O4. The second kappa shape index (κ2) is 5.50. The normalized spacial score (nSPS) is 29.1. The number of hydrogen-bond acceptors (Lipinski definition) is 6. The number of aliphatic hydroxyl groups is 2. The summed E-state index contributed by atoms with van der Waals surface area (Å²) >= 11 is 0. The summed E-state index contributed by atoms with van der Waals surface area (Å²) in [4.78, 5) is 27.4. The first-order valence-corrected chi connectivity index (χ1v) is 6.98. The van der Waals surface area contributed by atoms with E-state index >= 15 is 0 Å². The molecule has 0 radical (unpaired) electrons. The van der Waals surface area contributed by atoms with Crippen molar-refractivity contribution in [2.75, 3.05) is 18.0 Å². The zero-order valence-electron chi connectivity index (χ0n) is 11.7. The minimum atomic E-state index is -0.896. The summed E-state index contributed by atoms with van der Waals surface area (Å²) in [6, 6.07) is 7.54. The molecular weight excluding hydrogens is 286 g/mol. The SMILES string of the molecule is N#Cc1ccc(N2C(=O)CC(N3C[C@@H](O)[C@@H](O)C3)C2=O)cc1. The van der Waals surface area contributed by atoms with Gasteiger partial charge in [0.25, 0.3) is 5.91 Å². The summed E-state index contributed by atoms with van der Waals surface area (Å²) in [7, 11) is 0. The molecule has 2 amide bonds. The lowest BCUT2D eigenvalue weighted by atomic mass is 10.2. The topological polar surface area (TPSA) is 105 Å². The van der Waals surface area contributed by atoms with Crippen molar-refractivity contribution in [3.63, 3.8) is 0 Å². The molecule has 1 aromatic rings. The maximum Gasteiger partial charge on any atom is 0.251 e. The average molecular weight is 301 g/mol. The molecule has 114 valence electrons. The van der Waals surface area contributed by atoms with Gasteiger partial charge >= 0.3 is 0 Å². The molecule has 3 atom stereocenters. The second-order valence-corrected chi connectivity index (χ2v) is 5.53. The van der Waals surface area contributed by atoms with Gasteiger partial charge in [-0.05, 0) is 24.3 Å². The van der Waals surface area contributed by atoms with Gasteiger partial charge in [0.05, 0.1) is 42.0 Å². The predicted molar refractivity (Wildman–Crippen MR) is 75.6 cm³/mol. The third kappa shape index (κ3) is 2.37. The average Bonchev–Trinajstić information content (AvgIpc) is 2.99. The number of imide groups is 1. The van der Waals surface area contributed by atoms with Crippen LogP contribution in [-0.4, -0.2) is 58.3 Å². The fourth-order valence-electron chi connectivity index (χ4n) is 2.91. The van der Waals surface area contributed by atoms with E-state index in [1.54, 1.807) is 29.2 Å². The molecule has 7 heteroatoms. The maximum absolute atomic E-state index is 12.5. The number of nitrogens with zero attached hydrogens (tertiary/aromatic N) is 3. The number of nitriles is 1. The van der Waals surface area contributed by atoms with Gasteiger partial charge in [-0.1, -0.05) is 0 Å². The lowest BCUT2D eigenvalue weighted by Gasteiger charge is -2.21. The quantitative estimate of drug-likeness (QED) is 0.695. The molecule has 2 saturated heterocycles. The van der Waals surface area contributed by atoms with Crippen molar-refractivity contribution >= 4 is 17.5 Å². The molecule has 0 aromatic heterocycles. The minimum Gasteiger partial charge on any atom is -0.389 e. The number of aliphatic hydroxyl groups excluding tert-OH is 2. The molecule has 0 saturated carbocycles. The lowest BCUT2D eigenvalue weighted by Crippen LogP contribution is -2.41. The van der Waals surface area contributed by atoms with Gasteiger partial charge in [0.15, 0.2) is 0 Å². The van der Waals surface area contributed by atoms with E-state index in [2.05, 4.69) is 0 Å². The van der Waals surface area contributed by atoms with Crippen LogP contribution in [0.3, 0.4) is 0 Å². The summed E-state index contributed by atoms with van der Waals surface area (Å²) in [6.07, 6.45) is -1.77. The van der Waals surface area contributed by atoms with Crippen LogP contribution in [0.5, 0.6) is 0 Å². The Morgan fingerprint density at radius 2 is 1.68 bits per heavy atom. The van der Waals surface area contributed by atoms with Gasteiger partial charge in [-0.2, -0.15) is 5.26 Å². The number of benzene rings is 1. The Morgan fingerprint density at radius 1 is 1.09 bits per heavy atom. The van der Waals surface area contributed by atoms with Crippen LogP contribution in [0.15, 0.2) is 24.3 Å². The molecule has 0 spiro atoms. The van der Waals surface area contributed by atoms with E-state index < -0.39 is 18.2 Å². The number of amides is 2. The molecule has 2 N–H and O–H groups in total. The highest BCUT2D eigenvalue weighted by Gasteiger charge is 2.46. The molecule has 2 fully saturated rings. The number of carbonyl (C=O) groups is 2. The van der Waals surface area contributed by atoms with Gasteiger partial charge in [-0.3, -0.25) is 14.5 Å². The van der Waals surface area contributed by atoms with E-state index in [4.69, 9.17) is 5.26 Å². The Bertz CT molecular complexity index is 642. The van der Waals surface area contributed by atoms with Gasteiger partial charge in [0.2, 0.25) is 5.91 Å². The Balaban J connectivity index is 1.81. The lowest BCUT2D eigenvalue weighted by molar-refractivity contribution is -0.122. The van der Waals surface area contributed by atoms with Crippen LogP contribution < -0.4 is 4.90 Å². The highest BCUT2D eigenvalue weighted by Crippen LogP contribution is 2.28. The molecule has 3 rings (SSSR count). The first-order valence-electron chi connectivity index (χ1n) is 6.98. The molecule has 0 bridgehead atoms. The van der Waals surface area contributed by atoms with Gasteiger partial charge in [-0.15, -0.1) is 0 Å². The van der Waals surface area contributed by atoms with Gasteiger partial charge < -0.3 is 10.2 Å². The number of carbonyl (C=O) groups excluding carboxylic acids is 2. The zero-order chi connectivity index (χ0) is 15.9. The third-order valence-electron chi connectivity index (χ3n) is 4.11. The van der Waals surface area contributed by atoms with Crippen LogP contribution in [0.25, 0.3) is 0 Å². The van der Waals surface area contributed by atoms with Crippen molar-refractivity contribution in [3.05, 3.63) is 29.8 Å². The van der Waals surface area contributed by atoms with Crippen LogP contribution in [0, 0.1) is 11.3 Å². The molecule has 2 aliphatic rings. The Labute approximate surface area is 127 Å². The number of hydrogen-bond donors (Lipinski definition) is 2. The molecule has 2 aliphatic heterocycles. The fourth-order valence-corrected chi connectivity index (χ4v) is 2.91. The van der Waals surface area contributed by atoms with Crippen LogP contribution >= 0.6 is 0 Å². The Kier molecular flexibility index (Phi) is 3.66. The molecule has 7 nitrogen and oxygen atoms in total. The van der Waals surface area contributed by atoms with E-state index in [-0.39, 0.29) is 31.3 Å². The molecule has 22 heavy (non-hydrogen) atoms. The van der Waals surface area contributed by atoms with Gasteiger partial charge in [0, 0.05) is 13.1 Å². The van der Waals surface area contributed by atoms with Crippen LogP contribution in [0.2, 0.25) is 0 Å². The van der Waals surface area contributed by atoms with Crippen molar-refractivity contribution in [1.82, 2.24) is 4.90 Å². The number of rotatable bonds is 2. The van der Waals surface area contributed by atoms with Crippen molar-refractivity contribution in [2.45, 2.75) is 24.7 Å². The smallest absolute Gasteiger partial charge is 0.251 e. The van der Waals surface area contributed by atoms with E-state index in [0.717, 1.165) is 4.90 Å².